The Hall–Kier alpha value is -3.21. The van der Waals surface area contributed by atoms with Crippen molar-refractivity contribution in [2.45, 2.75) is 13.8 Å². The van der Waals surface area contributed by atoms with Crippen LogP contribution in [0.4, 0.5) is 0 Å². The number of aliphatic imine (C=N–C) groups is 1. The van der Waals surface area contributed by atoms with Gasteiger partial charge in [0.15, 0.2) is 5.70 Å². The lowest BCUT2D eigenvalue weighted by Crippen LogP contribution is -2.05. The number of rotatable bonds is 4. The van der Waals surface area contributed by atoms with Crippen molar-refractivity contribution < 1.29 is 19.1 Å². The third-order valence-electron chi connectivity index (χ3n) is 3.64. The Balaban J connectivity index is 1.82. The van der Waals surface area contributed by atoms with Gasteiger partial charge in [-0.2, -0.15) is 0 Å². The van der Waals surface area contributed by atoms with Gasteiger partial charge >= 0.3 is 11.9 Å². The largest absolute Gasteiger partial charge is 0.462 e. The van der Waals surface area contributed by atoms with Crippen molar-refractivity contribution in [1.29, 1.82) is 0 Å². The number of cyclic esters (lactones) is 1. The van der Waals surface area contributed by atoms with Gasteiger partial charge in [-0.15, -0.1) is 0 Å². The number of nitrogens with zero attached hydrogens (tertiary/aromatic N) is 1. The number of carbonyl (C=O) groups is 2. The number of hydrogen-bond acceptors (Lipinski definition) is 5. The van der Waals surface area contributed by atoms with E-state index in [1.165, 1.54) is 0 Å². The van der Waals surface area contributed by atoms with Gasteiger partial charge in [0.1, 0.15) is 0 Å². The lowest BCUT2D eigenvalue weighted by atomic mass is 10.1. The van der Waals surface area contributed by atoms with Crippen molar-refractivity contribution >= 4 is 23.9 Å². The van der Waals surface area contributed by atoms with Crippen molar-refractivity contribution in [2.75, 3.05) is 6.61 Å². The van der Waals surface area contributed by atoms with Crippen LogP contribution in [-0.2, 0) is 14.3 Å². The van der Waals surface area contributed by atoms with Crippen molar-refractivity contribution in [3.63, 3.8) is 0 Å². The van der Waals surface area contributed by atoms with E-state index >= 15 is 0 Å². The highest BCUT2D eigenvalue weighted by Crippen LogP contribution is 2.19. The molecule has 126 valence electrons. The van der Waals surface area contributed by atoms with E-state index < -0.39 is 5.97 Å². The molecule has 0 spiro atoms. The van der Waals surface area contributed by atoms with E-state index in [9.17, 15) is 9.59 Å². The Bertz CT molecular complexity index is 862. The van der Waals surface area contributed by atoms with Gasteiger partial charge in [0.05, 0.1) is 12.2 Å². The van der Waals surface area contributed by atoms with E-state index in [0.29, 0.717) is 18.1 Å². The molecule has 0 aliphatic carbocycles. The quantitative estimate of drug-likeness (QED) is 0.633. The molecule has 5 nitrogen and oxygen atoms in total. The van der Waals surface area contributed by atoms with Gasteiger partial charge in [-0.25, -0.2) is 14.6 Å². The van der Waals surface area contributed by atoms with Crippen LogP contribution in [0.3, 0.4) is 0 Å². The molecule has 1 aliphatic rings. The molecule has 0 N–H and O–H groups in total. The maximum absolute atomic E-state index is 12.0. The predicted octanol–water partition coefficient (Wildman–Crippen LogP) is 3.52. The molecular weight excluding hydrogens is 318 g/mol. The molecule has 0 bridgehead atoms. The van der Waals surface area contributed by atoms with Crippen molar-refractivity contribution in [3.05, 3.63) is 76.5 Å². The van der Waals surface area contributed by atoms with Crippen LogP contribution < -0.4 is 0 Å². The van der Waals surface area contributed by atoms with Crippen LogP contribution in [0.1, 0.15) is 34.0 Å². The van der Waals surface area contributed by atoms with E-state index in [2.05, 4.69) is 4.99 Å². The SMILES string of the molecule is CCOC(=O)c1ccc(/C=C2\N=C(c3ccc(C)cc3)OC2=O)cc1. The molecule has 0 unspecified atom stereocenters. The molecule has 0 radical (unpaired) electrons. The summed E-state index contributed by atoms with van der Waals surface area (Å²) in [5.41, 5.74) is 3.29. The average molecular weight is 335 g/mol. The smallest absolute Gasteiger partial charge is 0.363 e. The van der Waals surface area contributed by atoms with E-state index in [1.807, 2.05) is 31.2 Å². The number of aryl methyl sites for hydroxylation is 1. The van der Waals surface area contributed by atoms with Gasteiger partial charge in [0, 0.05) is 5.56 Å². The zero-order valence-corrected chi connectivity index (χ0v) is 14.0. The first-order chi connectivity index (χ1) is 12.1. The summed E-state index contributed by atoms with van der Waals surface area (Å²) in [4.78, 5) is 27.9. The lowest BCUT2D eigenvalue weighted by molar-refractivity contribution is -0.129. The molecule has 0 fully saturated rings. The summed E-state index contributed by atoms with van der Waals surface area (Å²) >= 11 is 0. The van der Waals surface area contributed by atoms with Gasteiger partial charge in [0.25, 0.3) is 0 Å². The summed E-state index contributed by atoms with van der Waals surface area (Å²) < 4.78 is 10.2. The first kappa shape index (κ1) is 16.6. The van der Waals surface area contributed by atoms with Gasteiger partial charge in [-0.3, -0.25) is 0 Å². The van der Waals surface area contributed by atoms with Crippen LogP contribution >= 0.6 is 0 Å². The van der Waals surface area contributed by atoms with E-state index in [0.717, 1.165) is 16.7 Å². The van der Waals surface area contributed by atoms with E-state index in [1.54, 1.807) is 37.3 Å². The van der Waals surface area contributed by atoms with E-state index in [-0.39, 0.29) is 11.7 Å². The topological polar surface area (TPSA) is 65.0 Å². The highest BCUT2D eigenvalue weighted by Gasteiger charge is 2.24. The summed E-state index contributed by atoms with van der Waals surface area (Å²) in [5.74, 6) is -0.578. The molecule has 1 aliphatic heterocycles. The van der Waals surface area contributed by atoms with Gasteiger partial charge < -0.3 is 9.47 Å². The molecule has 3 rings (SSSR count). The highest BCUT2D eigenvalue weighted by molar-refractivity contribution is 6.12. The van der Waals surface area contributed by atoms with Gasteiger partial charge in [-0.05, 0) is 49.8 Å². The van der Waals surface area contributed by atoms with Crippen molar-refractivity contribution in [3.8, 4) is 0 Å². The zero-order chi connectivity index (χ0) is 17.8. The fraction of sp³-hybridized carbons (Fsp3) is 0.150. The minimum absolute atomic E-state index is 0.222. The minimum atomic E-state index is -0.495. The van der Waals surface area contributed by atoms with Crippen LogP contribution in [0.15, 0.2) is 59.2 Å². The second-order valence-corrected chi connectivity index (χ2v) is 5.54. The standard InChI is InChI=1S/C20H17NO4/c1-3-24-19(22)16-10-6-14(7-11-16)12-17-20(23)25-18(21-17)15-8-4-13(2)5-9-15/h4-12H,3H2,1-2H3/b17-12-. The summed E-state index contributed by atoms with van der Waals surface area (Å²) in [6.45, 7) is 4.07. The molecule has 2 aromatic rings. The Morgan fingerprint density at radius 3 is 2.44 bits per heavy atom. The number of benzene rings is 2. The highest BCUT2D eigenvalue weighted by atomic mass is 16.6. The molecule has 0 saturated carbocycles. The third-order valence-corrected chi connectivity index (χ3v) is 3.64. The fourth-order valence-corrected chi connectivity index (χ4v) is 2.32. The van der Waals surface area contributed by atoms with Crippen LogP contribution in [0, 0.1) is 6.92 Å². The summed E-state index contributed by atoms with van der Waals surface area (Å²) in [7, 11) is 0. The molecule has 0 saturated heterocycles. The number of ether oxygens (including phenoxy) is 2. The lowest BCUT2D eigenvalue weighted by Gasteiger charge is -2.01. The van der Waals surface area contributed by atoms with Crippen LogP contribution in [0.5, 0.6) is 0 Å². The van der Waals surface area contributed by atoms with Crippen molar-refractivity contribution in [2.24, 2.45) is 4.99 Å². The number of hydrogen-bond donors (Lipinski definition) is 0. The summed E-state index contributed by atoms with van der Waals surface area (Å²) in [6.07, 6.45) is 1.62. The predicted molar refractivity (Wildman–Crippen MR) is 94.2 cm³/mol. The first-order valence-electron chi connectivity index (χ1n) is 7.93. The maximum Gasteiger partial charge on any atom is 0.363 e. The summed E-state index contributed by atoms with van der Waals surface area (Å²) in [6, 6.07) is 14.3. The second-order valence-electron chi connectivity index (χ2n) is 5.54. The Kier molecular flexibility index (Phi) is 4.75. The Morgan fingerprint density at radius 2 is 1.80 bits per heavy atom. The molecule has 0 aromatic heterocycles. The average Bonchev–Trinajstić information content (AvgIpc) is 2.97. The fourth-order valence-electron chi connectivity index (χ4n) is 2.32. The molecule has 5 heteroatoms. The molecule has 1 heterocycles. The normalized spacial score (nSPS) is 15.0. The van der Waals surface area contributed by atoms with Crippen LogP contribution in [0.25, 0.3) is 6.08 Å². The third kappa shape index (κ3) is 3.83. The first-order valence-corrected chi connectivity index (χ1v) is 7.93. The monoisotopic (exact) mass is 335 g/mol. The van der Waals surface area contributed by atoms with Gasteiger partial charge in [0.2, 0.25) is 5.90 Å². The molecule has 0 atom stereocenters. The molecular formula is C20H17NO4. The number of esters is 2. The molecule has 25 heavy (non-hydrogen) atoms. The van der Waals surface area contributed by atoms with Crippen molar-refractivity contribution in [1.82, 2.24) is 0 Å². The van der Waals surface area contributed by atoms with E-state index in [4.69, 9.17) is 9.47 Å². The van der Waals surface area contributed by atoms with Crippen LogP contribution in [0.2, 0.25) is 0 Å². The molecule has 2 aromatic carbocycles. The number of carbonyl (C=O) groups excluding carboxylic acids is 2. The van der Waals surface area contributed by atoms with Crippen LogP contribution in [-0.4, -0.2) is 24.4 Å². The minimum Gasteiger partial charge on any atom is -0.462 e. The molecule has 0 amide bonds. The Morgan fingerprint density at radius 1 is 1.12 bits per heavy atom. The second kappa shape index (κ2) is 7.13. The summed E-state index contributed by atoms with van der Waals surface area (Å²) in [5, 5.41) is 0. The van der Waals surface area contributed by atoms with Gasteiger partial charge in [-0.1, -0.05) is 29.8 Å². The maximum atomic E-state index is 12.0. The zero-order valence-electron chi connectivity index (χ0n) is 14.0. The Labute approximate surface area is 145 Å².